The third-order valence-electron chi connectivity index (χ3n) is 4.77. The summed E-state index contributed by atoms with van der Waals surface area (Å²) in [6.07, 6.45) is 3.67. The second-order valence-electron chi connectivity index (χ2n) is 6.29. The first-order valence-corrected chi connectivity index (χ1v) is 9.40. The zero-order valence-corrected chi connectivity index (χ0v) is 16.4. The number of aryl methyl sites for hydroxylation is 1. The van der Waals surface area contributed by atoms with E-state index in [-0.39, 0.29) is 5.91 Å². The minimum Gasteiger partial charge on any atom is -0.273 e. The van der Waals surface area contributed by atoms with Gasteiger partial charge in [-0.2, -0.15) is 5.10 Å². The van der Waals surface area contributed by atoms with Crippen molar-refractivity contribution in [2.24, 2.45) is 0 Å². The van der Waals surface area contributed by atoms with E-state index >= 15 is 0 Å². The van der Waals surface area contributed by atoms with Crippen molar-refractivity contribution in [3.63, 3.8) is 0 Å². The lowest BCUT2D eigenvalue weighted by Gasteiger charge is -2.20. The molecule has 0 bridgehead atoms. The van der Waals surface area contributed by atoms with Gasteiger partial charge in [-0.15, -0.1) is 0 Å². The van der Waals surface area contributed by atoms with Crippen molar-refractivity contribution in [1.82, 2.24) is 9.78 Å². The van der Waals surface area contributed by atoms with E-state index in [1.54, 1.807) is 29.3 Å². The highest BCUT2D eigenvalue weighted by atomic mass is 35.5. The Morgan fingerprint density at radius 2 is 1.78 bits per heavy atom. The highest BCUT2D eigenvalue weighted by Crippen LogP contribution is 2.46. The topological polar surface area (TPSA) is 38.1 Å². The molecule has 0 saturated carbocycles. The quantitative estimate of drug-likeness (QED) is 0.528. The number of nitrogens with zero attached hydrogens (tertiary/aromatic N) is 3. The van der Waals surface area contributed by atoms with Crippen molar-refractivity contribution < 1.29 is 4.79 Å². The molecule has 136 valence electrons. The van der Waals surface area contributed by atoms with E-state index in [0.29, 0.717) is 21.3 Å². The van der Waals surface area contributed by atoms with Crippen LogP contribution in [-0.4, -0.2) is 15.7 Å². The fourth-order valence-electron chi connectivity index (χ4n) is 3.38. The number of benzene rings is 2. The van der Waals surface area contributed by atoms with Crippen molar-refractivity contribution in [2.45, 2.75) is 20.4 Å². The Labute approximate surface area is 167 Å². The molecular formula is C21H17Cl2N3O. The molecule has 0 unspecified atom stereocenters. The van der Waals surface area contributed by atoms with Crippen LogP contribution < -0.4 is 4.90 Å². The summed E-state index contributed by atoms with van der Waals surface area (Å²) in [7, 11) is 0. The maximum absolute atomic E-state index is 13.4. The number of carbonyl (C=O) groups is 1. The number of para-hydroxylation sites is 2. The lowest BCUT2D eigenvalue weighted by molar-refractivity contribution is -0.112. The number of fused-ring (bicyclic) bond motifs is 1. The first kappa shape index (κ1) is 17.8. The van der Waals surface area contributed by atoms with Gasteiger partial charge in [0.05, 0.1) is 33.2 Å². The predicted octanol–water partition coefficient (Wildman–Crippen LogP) is 5.74. The molecule has 2 heterocycles. The SMILES string of the molecule is CCn1ncc(/C=C2/C(=O)N(c3c(Cl)cccc3Cl)c3ccccc32)c1C. The standard InChI is InChI=1S/C21H17Cl2N3O/c1-3-25-13(2)14(12-24-25)11-16-15-7-4-5-10-19(15)26(21(16)27)20-17(22)8-6-9-18(20)23/h4-12H,3H2,1-2H3/b16-11+. The summed E-state index contributed by atoms with van der Waals surface area (Å²) in [5.41, 5.74) is 4.65. The third kappa shape index (κ3) is 2.85. The second kappa shape index (κ2) is 6.87. The van der Waals surface area contributed by atoms with Crippen molar-refractivity contribution in [3.05, 3.63) is 75.5 Å². The molecule has 1 aliphatic heterocycles. The van der Waals surface area contributed by atoms with Gasteiger partial charge in [-0.25, -0.2) is 0 Å². The number of hydrogen-bond acceptors (Lipinski definition) is 2. The molecule has 0 N–H and O–H groups in total. The molecule has 4 rings (SSSR count). The van der Waals surface area contributed by atoms with Crippen molar-refractivity contribution in [3.8, 4) is 0 Å². The van der Waals surface area contributed by atoms with Crippen molar-refractivity contribution >= 4 is 52.1 Å². The number of carbonyl (C=O) groups excluding carboxylic acids is 1. The van der Waals surface area contributed by atoms with Crippen LogP contribution in [0.25, 0.3) is 11.6 Å². The Kier molecular flexibility index (Phi) is 4.54. The van der Waals surface area contributed by atoms with Gasteiger partial charge in [-0.1, -0.05) is 47.5 Å². The number of amides is 1. The molecule has 0 fully saturated rings. The molecule has 0 radical (unpaired) electrons. The Morgan fingerprint density at radius 1 is 1.07 bits per heavy atom. The van der Waals surface area contributed by atoms with E-state index < -0.39 is 0 Å². The summed E-state index contributed by atoms with van der Waals surface area (Å²) < 4.78 is 1.90. The monoisotopic (exact) mass is 397 g/mol. The zero-order chi connectivity index (χ0) is 19.1. The Balaban J connectivity index is 1.90. The van der Waals surface area contributed by atoms with E-state index in [2.05, 4.69) is 5.10 Å². The first-order chi connectivity index (χ1) is 13.0. The van der Waals surface area contributed by atoms with Crippen LogP contribution >= 0.6 is 23.2 Å². The van der Waals surface area contributed by atoms with Gasteiger partial charge in [0.2, 0.25) is 0 Å². The fraction of sp³-hybridized carbons (Fsp3) is 0.143. The minimum atomic E-state index is -0.158. The molecule has 1 amide bonds. The normalized spacial score (nSPS) is 14.9. The maximum Gasteiger partial charge on any atom is 0.263 e. The summed E-state index contributed by atoms with van der Waals surface area (Å²) in [4.78, 5) is 15.0. The van der Waals surface area contributed by atoms with Crippen LogP contribution in [0.2, 0.25) is 10.0 Å². The van der Waals surface area contributed by atoms with Crippen LogP contribution in [-0.2, 0) is 11.3 Å². The molecular weight excluding hydrogens is 381 g/mol. The Hall–Kier alpha value is -2.56. The second-order valence-corrected chi connectivity index (χ2v) is 7.10. The van der Waals surface area contributed by atoms with Crippen LogP contribution in [0.15, 0.2) is 48.7 Å². The highest BCUT2D eigenvalue weighted by Gasteiger charge is 2.35. The first-order valence-electron chi connectivity index (χ1n) is 8.65. The molecule has 0 atom stereocenters. The van der Waals surface area contributed by atoms with E-state index in [4.69, 9.17) is 23.2 Å². The lowest BCUT2D eigenvalue weighted by atomic mass is 10.0. The molecule has 6 heteroatoms. The largest absolute Gasteiger partial charge is 0.273 e. The average Bonchev–Trinajstić information content (AvgIpc) is 3.14. The van der Waals surface area contributed by atoms with Gasteiger partial charge in [-0.3, -0.25) is 14.4 Å². The van der Waals surface area contributed by atoms with Gasteiger partial charge in [0.1, 0.15) is 0 Å². The molecule has 0 saturated heterocycles. The van der Waals surface area contributed by atoms with E-state index in [1.165, 1.54) is 0 Å². The highest BCUT2D eigenvalue weighted by molar-refractivity contribution is 6.44. The number of halogens is 2. The van der Waals surface area contributed by atoms with E-state index in [1.807, 2.05) is 48.9 Å². The summed E-state index contributed by atoms with van der Waals surface area (Å²) in [6.45, 7) is 4.81. The number of anilines is 2. The molecule has 0 spiro atoms. The summed E-state index contributed by atoms with van der Waals surface area (Å²) in [5, 5.41) is 5.23. The molecule has 1 aromatic heterocycles. The van der Waals surface area contributed by atoms with E-state index in [9.17, 15) is 4.79 Å². The summed E-state index contributed by atoms with van der Waals surface area (Å²) in [6, 6.07) is 12.9. The van der Waals surface area contributed by atoms with Gasteiger partial charge < -0.3 is 0 Å². The molecule has 1 aliphatic rings. The molecule has 27 heavy (non-hydrogen) atoms. The smallest absolute Gasteiger partial charge is 0.263 e. The predicted molar refractivity (Wildman–Crippen MR) is 111 cm³/mol. The van der Waals surface area contributed by atoms with Crippen molar-refractivity contribution in [2.75, 3.05) is 4.90 Å². The van der Waals surface area contributed by atoms with E-state index in [0.717, 1.165) is 29.1 Å². The van der Waals surface area contributed by atoms with Gasteiger partial charge in [0.25, 0.3) is 5.91 Å². The van der Waals surface area contributed by atoms with Crippen LogP contribution in [0.4, 0.5) is 11.4 Å². The van der Waals surface area contributed by atoms with Gasteiger partial charge in [-0.05, 0) is 38.1 Å². The van der Waals surface area contributed by atoms with Crippen LogP contribution in [0, 0.1) is 6.92 Å². The fourth-order valence-corrected chi connectivity index (χ4v) is 3.95. The van der Waals surface area contributed by atoms with Crippen LogP contribution in [0.5, 0.6) is 0 Å². The Bertz CT molecular complexity index is 1060. The van der Waals surface area contributed by atoms with Gasteiger partial charge >= 0.3 is 0 Å². The number of aromatic nitrogens is 2. The number of rotatable bonds is 3. The molecule has 4 nitrogen and oxygen atoms in total. The Morgan fingerprint density at radius 3 is 2.44 bits per heavy atom. The summed E-state index contributed by atoms with van der Waals surface area (Å²) in [5.74, 6) is -0.158. The third-order valence-corrected chi connectivity index (χ3v) is 5.38. The van der Waals surface area contributed by atoms with Crippen molar-refractivity contribution in [1.29, 1.82) is 0 Å². The van der Waals surface area contributed by atoms with Gasteiger partial charge in [0.15, 0.2) is 0 Å². The molecule has 2 aromatic carbocycles. The zero-order valence-electron chi connectivity index (χ0n) is 14.9. The lowest BCUT2D eigenvalue weighted by Crippen LogP contribution is -2.21. The van der Waals surface area contributed by atoms with Crippen LogP contribution in [0.3, 0.4) is 0 Å². The maximum atomic E-state index is 13.4. The van der Waals surface area contributed by atoms with Gasteiger partial charge in [0, 0.05) is 23.4 Å². The average molecular weight is 398 g/mol. The summed E-state index contributed by atoms with van der Waals surface area (Å²) >= 11 is 12.8. The van der Waals surface area contributed by atoms with Crippen LogP contribution in [0.1, 0.15) is 23.7 Å². The molecule has 3 aromatic rings. The minimum absolute atomic E-state index is 0.158. The molecule has 0 aliphatic carbocycles. The number of hydrogen-bond donors (Lipinski definition) is 0.